The first-order chi connectivity index (χ1) is 9.66. The number of alkyl halides is 6. The monoisotopic (exact) mass is 321 g/mol. The fourth-order valence-corrected chi connectivity index (χ4v) is 2.62. The molecule has 0 amide bonds. The number of hydrogen-bond acceptors (Lipinski definition) is 2. The third-order valence-corrected chi connectivity index (χ3v) is 3.57. The minimum absolute atomic E-state index is 0.209. The Bertz CT molecular complexity index is 290. The van der Waals surface area contributed by atoms with Gasteiger partial charge in [0.15, 0.2) is 0 Å². The van der Waals surface area contributed by atoms with Gasteiger partial charge in [-0.3, -0.25) is 0 Å². The van der Waals surface area contributed by atoms with Crippen LogP contribution in [0.5, 0.6) is 0 Å². The Kier molecular flexibility index (Phi) is 6.77. The van der Waals surface area contributed by atoms with Crippen molar-refractivity contribution in [3.63, 3.8) is 0 Å². The van der Waals surface area contributed by atoms with Gasteiger partial charge in [-0.1, -0.05) is 32.6 Å². The molecule has 1 fully saturated rings. The Morgan fingerprint density at radius 3 is 1.95 bits per heavy atom. The number of hydrogen-bond donors (Lipinski definition) is 1. The lowest BCUT2D eigenvalue weighted by molar-refractivity contribution is -0.333. The van der Waals surface area contributed by atoms with E-state index in [1.54, 1.807) is 6.92 Å². The largest absolute Gasteiger partial charge is 0.423 e. The van der Waals surface area contributed by atoms with Gasteiger partial charge in [0, 0.05) is 6.04 Å². The van der Waals surface area contributed by atoms with E-state index in [0.29, 0.717) is 19.4 Å². The fraction of sp³-hybridized carbons (Fsp3) is 1.00. The number of halogens is 6. The average Bonchev–Trinajstić information content (AvgIpc) is 2.29. The van der Waals surface area contributed by atoms with Gasteiger partial charge < -0.3 is 10.1 Å². The smallest absolute Gasteiger partial charge is 0.356 e. The van der Waals surface area contributed by atoms with Crippen LogP contribution < -0.4 is 5.32 Å². The molecule has 0 heterocycles. The molecule has 1 aliphatic carbocycles. The summed E-state index contributed by atoms with van der Waals surface area (Å²) in [6.07, 6.45) is -11.8. The highest BCUT2D eigenvalue weighted by Gasteiger charge is 2.59. The van der Waals surface area contributed by atoms with Gasteiger partial charge in [-0.25, -0.2) is 0 Å². The van der Waals surface area contributed by atoms with Gasteiger partial charge in [-0.05, 0) is 19.4 Å². The molecule has 2 unspecified atom stereocenters. The van der Waals surface area contributed by atoms with Crippen molar-refractivity contribution in [2.24, 2.45) is 0 Å². The van der Waals surface area contributed by atoms with Crippen LogP contribution >= 0.6 is 0 Å². The Labute approximate surface area is 120 Å². The molecular weight excluding hydrogens is 300 g/mol. The molecule has 21 heavy (non-hydrogen) atoms. The van der Waals surface area contributed by atoms with E-state index in [4.69, 9.17) is 0 Å². The van der Waals surface area contributed by atoms with Crippen molar-refractivity contribution in [2.45, 2.75) is 76.1 Å². The third kappa shape index (κ3) is 6.02. The second-order valence-corrected chi connectivity index (χ2v) is 5.29. The summed E-state index contributed by atoms with van der Waals surface area (Å²) in [5.74, 6) is 0. The molecule has 1 saturated carbocycles. The molecule has 1 rings (SSSR count). The van der Waals surface area contributed by atoms with Gasteiger partial charge in [-0.2, -0.15) is 26.3 Å². The molecule has 0 aliphatic heterocycles. The molecule has 8 heteroatoms. The summed E-state index contributed by atoms with van der Waals surface area (Å²) in [4.78, 5) is 0. The van der Waals surface area contributed by atoms with Crippen molar-refractivity contribution in [1.29, 1.82) is 0 Å². The first-order valence-electron chi connectivity index (χ1n) is 7.18. The van der Waals surface area contributed by atoms with Crippen LogP contribution in [0.1, 0.15) is 45.4 Å². The maximum atomic E-state index is 12.6. The molecule has 1 N–H and O–H groups in total. The van der Waals surface area contributed by atoms with Crippen LogP contribution in [0.4, 0.5) is 26.3 Å². The number of rotatable bonds is 4. The summed E-state index contributed by atoms with van der Waals surface area (Å²) in [5, 5.41) is 2.95. The summed E-state index contributed by atoms with van der Waals surface area (Å²) in [6, 6.07) is -0.470. The molecule has 0 aromatic heterocycles. The number of likely N-dealkylation sites (N-methyl/N-ethyl adjacent to an activating group) is 1. The summed E-state index contributed by atoms with van der Waals surface area (Å²) in [6.45, 7) is 2.24. The van der Waals surface area contributed by atoms with E-state index < -0.39 is 30.6 Å². The summed E-state index contributed by atoms with van der Waals surface area (Å²) < 4.78 is 80.1. The van der Waals surface area contributed by atoms with E-state index in [0.717, 1.165) is 19.3 Å². The SMILES string of the molecule is CCNC1CCCCCCC1OC(C(F)(F)F)C(F)(F)F. The minimum Gasteiger partial charge on any atom is -0.356 e. The highest BCUT2D eigenvalue weighted by Crippen LogP contribution is 2.37. The first kappa shape index (κ1) is 18.5. The summed E-state index contributed by atoms with van der Waals surface area (Å²) >= 11 is 0. The van der Waals surface area contributed by atoms with Crippen LogP contribution in [0.15, 0.2) is 0 Å². The van der Waals surface area contributed by atoms with Gasteiger partial charge in [0.25, 0.3) is 0 Å². The second kappa shape index (κ2) is 7.67. The molecule has 0 spiro atoms. The predicted octanol–water partition coefficient (Wildman–Crippen LogP) is 4.20. The van der Waals surface area contributed by atoms with Gasteiger partial charge in [-0.15, -0.1) is 0 Å². The summed E-state index contributed by atoms with van der Waals surface area (Å²) in [5.41, 5.74) is 0. The van der Waals surface area contributed by atoms with E-state index in [9.17, 15) is 26.3 Å². The fourth-order valence-electron chi connectivity index (χ4n) is 2.62. The van der Waals surface area contributed by atoms with Crippen LogP contribution in [0, 0.1) is 0 Å². The Balaban J connectivity index is 2.85. The zero-order chi connectivity index (χ0) is 16.1. The average molecular weight is 321 g/mol. The molecule has 126 valence electrons. The van der Waals surface area contributed by atoms with Gasteiger partial charge >= 0.3 is 12.4 Å². The molecule has 0 aromatic rings. The zero-order valence-electron chi connectivity index (χ0n) is 11.9. The van der Waals surface area contributed by atoms with Crippen molar-refractivity contribution >= 4 is 0 Å². The lowest BCUT2D eigenvalue weighted by Crippen LogP contribution is -2.51. The third-order valence-electron chi connectivity index (χ3n) is 3.57. The first-order valence-corrected chi connectivity index (χ1v) is 7.18. The number of nitrogens with one attached hydrogen (secondary N) is 1. The van der Waals surface area contributed by atoms with Crippen molar-refractivity contribution in [3.8, 4) is 0 Å². The van der Waals surface area contributed by atoms with E-state index in [1.807, 2.05) is 0 Å². The minimum atomic E-state index is -5.45. The lowest BCUT2D eigenvalue weighted by atomic mass is 9.94. The molecule has 0 aromatic carbocycles. The normalized spacial score (nSPS) is 25.7. The molecule has 2 nitrogen and oxygen atoms in total. The van der Waals surface area contributed by atoms with Crippen LogP contribution in [-0.2, 0) is 4.74 Å². The quantitative estimate of drug-likeness (QED) is 0.784. The second-order valence-electron chi connectivity index (χ2n) is 5.29. The number of ether oxygens (including phenoxy) is 1. The van der Waals surface area contributed by atoms with Crippen molar-refractivity contribution in [1.82, 2.24) is 5.32 Å². The van der Waals surface area contributed by atoms with Gasteiger partial charge in [0.1, 0.15) is 0 Å². The Hall–Kier alpha value is -0.500. The van der Waals surface area contributed by atoms with Crippen LogP contribution in [0.25, 0.3) is 0 Å². The Morgan fingerprint density at radius 2 is 1.48 bits per heavy atom. The predicted molar refractivity (Wildman–Crippen MR) is 65.9 cm³/mol. The van der Waals surface area contributed by atoms with E-state index in [-0.39, 0.29) is 6.42 Å². The van der Waals surface area contributed by atoms with Gasteiger partial charge in [0.05, 0.1) is 6.10 Å². The molecule has 0 radical (unpaired) electrons. The highest BCUT2D eigenvalue weighted by atomic mass is 19.4. The van der Waals surface area contributed by atoms with Gasteiger partial charge in [0.2, 0.25) is 6.10 Å². The van der Waals surface area contributed by atoms with Crippen molar-refractivity contribution < 1.29 is 31.1 Å². The van der Waals surface area contributed by atoms with Crippen molar-refractivity contribution in [3.05, 3.63) is 0 Å². The van der Waals surface area contributed by atoms with Crippen molar-refractivity contribution in [2.75, 3.05) is 6.54 Å². The van der Waals surface area contributed by atoms with E-state index in [2.05, 4.69) is 10.1 Å². The molecule has 0 bridgehead atoms. The maximum Gasteiger partial charge on any atom is 0.423 e. The highest BCUT2D eigenvalue weighted by molar-refractivity contribution is 4.84. The molecular formula is C13H21F6NO. The van der Waals surface area contributed by atoms with E-state index >= 15 is 0 Å². The molecule has 2 atom stereocenters. The standard InChI is InChI=1S/C13H21F6NO/c1-2-20-9-7-5-3-4-6-8-10(9)21-11(12(14,15)16)13(17,18)19/h9-11,20H,2-8H2,1H3. The Morgan fingerprint density at radius 1 is 0.952 bits per heavy atom. The molecule has 0 saturated heterocycles. The summed E-state index contributed by atoms with van der Waals surface area (Å²) in [7, 11) is 0. The topological polar surface area (TPSA) is 21.3 Å². The van der Waals surface area contributed by atoms with Crippen LogP contribution in [-0.4, -0.2) is 37.1 Å². The van der Waals surface area contributed by atoms with Crippen LogP contribution in [0.2, 0.25) is 0 Å². The molecule has 1 aliphatic rings. The van der Waals surface area contributed by atoms with Crippen LogP contribution in [0.3, 0.4) is 0 Å². The maximum absolute atomic E-state index is 12.6. The lowest BCUT2D eigenvalue weighted by Gasteiger charge is -2.34. The van der Waals surface area contributed by atoms with E-state index in [1.165, 1.54) is 0 Å². The zero-order valence-corrected chi connectivity index (χ0v) is 11.9.